The second kappa shape index (κ2) is 6.82. The Balaban J connectivity index is 1.84. The number of rotatable bonds is 5. The molecule has 1 N–H and O–H groups in total. The summed E-state index contributed by atoms with van der Waals surface area (Å²) >= 11 is 1.45. The summed E-state index contributed by atoms with van der Waals surface area (Å²) in [4.78, 5) is 12.5. The van der Waals surface area contributed by atoms with Crippen LogP contribution in [-0.2, 0) is 10.0 Å². The van der Waals surface area contributed by atoms with E-state index < -0.39 is 10.0 Å². The van der Waals surface area contributed by atoms with E-state index in [1.165, 1.54) is 18.3 Å². The number of carbonyl (C=O) groups is 1. The van der Waals surface area contributed by atoms with Crippen LogP contribution in [0.3, 0.4) is 0 Å². The average molecular weight is 371 g/mol. The largest absolute Gasteiger partial charge is 0.295 e. The summed E-state index contributed by atoms with van der Waals surface area (Å²) in [6.45, 7) is 3.29. The van der Waals surface area contributed by atoms with Gasteiger partial charge >= 0.3 is 0 Å². The van der Waals surface area contributed by atoms with Gasteiger partial charge in [-0.05, 0) is 37.1 Å². The number of carbonyl (C=O) groups excluding carboxylic acids is 1. The van der Waals surface area contributed by atoms with Gasteiger partial charge < -0.3 is 0 Å². The van der Waals surface area contributed by atoms with Crippen molar-refractivity contribution in [1.29, 1.82) is 0 Å². The van der Waals surface area contributed by atoms with Gasteiger partial charge in [-0.25, -0.2) is 8.42 Å². The normalized spacial score (nSPS) is 11.3. The lowest BCUT2D eigenvalue weighted by Gasteiger charge is -2.08. The number of ketones is 1. The van der Waals surface area contributed by atoms with Gasteiger partial charge in [-0.3, -0.25) is 9.52 Å². The first kappa shape index (κ1) is 17.4. The lowest BCUT2D eigenvalue weighted by Crippen LogP contribution is -2.13. The van der Waals surface area contributed by atoms with Gasteiger partial charge in [-0.2, -0.15) is 0 Å². The molecule has 0 bridgehead atoms. The monoisotopic (exact) mass is 371 g/mol. The van der Waals surface area contributed by atoms with Gasteiger partial charge in [-0.1, -0.05) is 42.5 Å². The number of Topliss-reactive ketones (excluding diaryl/α,β-unsaturated/α-hetero) is 1. The van der Waals surface area contributed by atoms with E-state index in [-0.39, 0.29) is 10.7 Å². The number of hydrogen-bond acceptors (Lipinski definition) is 4. The molecule has 0 aliphatic heterocycles. The molecule has 0 atom stereocenters. The molecule has 4 nitrogen and oxygen atoms in total. The first-order chi connectivity index (χ1) is 11.9. The van der Waals surface area contributed by atoms with Crippen LogP contribution in [0.4, 0.5) is 5.69 Å². The molecule has 3 aromatic rings. The van der Waals surface area contributed by atoms with Gasteiger partial charge in [0.1, 0.15) is 0 Å². The van der Waals surface area contributed by atoms with E-state index in [0.717, 1.165) is 10.4 Å². The minimum Gasteiger partial charge on any atom is -0.295 e. The summed E-state index contributed by atoms with van der Waals surface area (Å²) in [5.74, 6) is 0.0180. The minimum atomic E-state index is -3.62. The van der Waals surface area contributed by atoms with Crippen molar-refractivity contribution >= 4 is 32.8 Å². The van der Waals surface area contributed by atoms with Crippen LogP contribution in [0, 0.1) is 6.92 Å². The fraction of sp³-hybridized carbons (Fsp3) is 0.105. The Bertz CT molecular complexity index is 1020. The highest BCUT2D eigenvalue weighted by atomic mass is 32.2. The summed E-state index contributed by atoms with van der Waals surface area (Å²) < 4.78 is 27.7. The van der Waals surface area contributed by atoms with Crippen molar-refractivity contribution in [2.75, 3.05) is 4.72 Å². The third-order valence-corrected chi connectivity index (χ3v) is 6.33. The Morgan fingerprint density at radius 2 is 1.72 bits per heavy atom. The highest BCUT2D eigenvalue weighted by molar-refractivity contribution is 7.92. The predicted octanol–water partition coefficient (Wildman–Crippen LogP) is 4.73. The van der Waals surface area contributed by atoms with Crippen molar-refractivity contribution in [2.45, 2.75) is 18.7 Å². The Labute approximate surface area is 151 Å². The Morgan fingerprint density at radius 3 is 2.36 bits per heavy atom. The van der Waals surface area contributed by atoms with Crippen molar-refractivity contribution in [2.24, 2.45) is 0 Å². The van der Waals surface area contributed by atoms with Crippen LogP contribution < -0.4 is 4.72 Å². The van der Waals surface area contributed by atoms with E-state index in [1.807, 2.05) is 18.2 Å². The quantitative estimate of drug-likeness (QED) is 0.660. The summed E-state index contributed by atoms with van der Waals surface area (Å²) in [6.07, 6.45) is 0. The molecule has 1 aromatic heterocycles. The highest BCUT2D eigenvalue weighted by Crippen LogP contribution is 2.31. The first-order valence-corrected chi connectivity index (χ1v) is 10.0. The third-order valence-electron chi connectivity index (χ3n) is 3.81. The average Bonchev–Trinajstić information content (AvgIpc) is 3.03. The summed E-state index contributed by atoms with van der Waals surface area (Å²) in [5, 5.41) is 1.77. The van der Waals surface area contributed by atoms with E-state index >= 15 is 0 Å². The van der Waals surface area contributed by atoms with Crippen LogP contribution in [0.25, 0.3) is 10.4 Å². The molecule has 0 saturated heterocycles. The Morgan fingerprint density at radius 1 is 1.04 bits per heavy atom. The van der Waals surface area contributed by atoms with E-state index in [1.54, 1.807) is 48.7 Å². The van der Waals surface area contributed by atoms with Gasteiger partial charge in [0.05, 0.1) is 10.6 Å². The van der Waals surface area contributed by atoms with Gasteiger partial charge in [-0.15, -0.1) is 11.3 Å². The number of nitrogens with one attached hydrogen (secondary N) is 1. The van der Waals surface area contributed by atoms with E-state index in [9.17, 15) is 13.2 Å². The van der Waals surface area contributed by atoms with Gasteiger partial charge in [0.15, 0.2) is 5.78 Å². The van der Waals surface area contributed by atoms with Crippen molar-refractivity contribution in [3.63, 3.8) is 0 Å². The van der Waals surface area contributed by atoms with Crippen molar-refractivity contribution in [3.05, 3.63) is 71.1 Å². The zero-order chi connectivity index (χ0) is 18.0. The van der Waals surface area contributed by atoms with Crippen molar-refractivity contribution in [3.8, 4) is 10.4 Å². The van der Waals surface area contributed by atoms with Crippen LogP contribution in [0.5, 0.6) is 0 Å². The molecule has 0 radical (unpaired) electrons. The smallest absolute Gasteiger partial charge is 0.262 e. The van der Waals surface area contributed by atoms with Gasteiger partial charge in [0.25, 0.3) is 10.0 Å². The lowest BCUT2D eigenvalue weighted by atomic mass is 10.1. The number of thiophene rings is 1. The first-order valence-electron chi connectivity index (χ1n) is 7.65. The molecule has 0 amide bonds. The van der Waals surface area contributed by atoms with Crippen LogP contribution in [0.1, 0.15) is 22.8 Å². The SMILES string of the molecule is CC(=O)c1ccc(-c2cc(NS(=O)(=O)c3ccccc3C)cs2)cc1. The second-order valence-corrected chi connectivity index (χ2v) is 8.27. The number of hydrogen-bond donors (Lipinski definition) is 1. The maximum absolute atomic E-state index is 12.5. The number of aryl methyl sites for hydroxylation is 1. The lowest BCUT2D eigenvalue weighted by molar-refractivity contribution is 0.101. The molecule has 0 spiro atoms. The molecule has 0 saturated carbocycles. The molecule has 0 aliphatic rings. The standard InChI is InChI=1S/C19H17NO3S2/c1-13-5-3-4-6-19(13)25(22,23)20-17-11-18(24-12-17)16-9-7-15(8-10-16)14(2)21/h3-12,20H,1-2H3. The number of anilines is 1. The highest BCUT2D eigenvalue weighted by Gasteiger charge is 2.17. The maximum atomic E-state index is 12.5. The van der Waals surface area contributed by atoms with Crippen LogP contribution >= 0.6 is 11.3 Å². The van der Waals surface area contributed by atoms with E-state index in [2.05, 4.69) is 4.72 Å². The Hall–Kier alpha value is -2.44. The third kappa shape index (κ3) is 3.81. The molecule has 25 heavy (non-hydrogen) atoms. The fourth-order valence-corrected chi connectivity index (χ4v) is 4.69. The minimum absolute atomic E-state index is 0.0180. The van der Waals surface area contributed by atoms with Gasteiger partial charge in [0.2, 0.25) is 0 Å². The number of sulfonamides is 1. The molecule has 0 fully saturated rings. The van der Waals surface area contributed by atoms with Crippen LogP contribution in [0.2, 0.25) is 0 Å². The molecule has 3 rings (SSSR count). The van der Waals surface area contributed by atoms with E-state index in [4.69, 9.17) is 0 Å². The molecule has 0 aliphatic carbocycles. The second-order valence-electron chi connectivity index (χ2n) is 5.70. The van der Waals surface area contributed by atoms with Crippen LogP contribution in [-0.4, -0.2) is 14.2 Å². The number of benzene rings is 2. The van der Waals surface area contributed by atoms with Gasteiger partial charge in [0, 0.05) is 15.8 Å². The molecular formula is C19H17NO3S2. The van der Waals surface area contributed by atoms with Crippen molar-refractivity contribution < 1.29 is 13.2 Å². The van der Waals surface area contributed by atoms with E-state index in [0.29, 0.717) is 16.8 Å². The molecule has 2 aromatic carbocycles. The molecule has 0 unspecified atom stereocenters. The summed E-state index contributed by atoms with van der Waals surface area (Å²) in [5.41, 5.74) is 2.82. The molecular weight excluding hydrogens is 354 g/mol. The van der Waals surface area contributed by atoms with Crippen LogP contribution in [0.15, 0.2) is 64.9 Å². The molecule has 6 heteroatoms. The topological polar surface area (TPSA) is 63.2 Å². The molecule has 128 valence electrons. The zero-order valence-electron chi connectivity index (χ0n) is 13.8. The zero-order valence-corrected chi connectivity index (χ0v) is 15.4. The predicted molar refractivity (Wildman–Crippen MR) is 102 cm³/mol. The fourth-order valence-electron chi connectivity index (χ4n) is 2.48. The molecule has 1 heterocycles. The summed E-state index contributed by atoms with van der Waals surface area (Å²) in [7, 11) is -3.62. The van der Waals surface area contributed by atoms with Crippen molar-refractivity contribution in [1.82, 2.24) is 0 Å². The maximum Gasteiger partial charge on any atom is 0.262 e. The Kier molecular flexibility index (Phi) is 4.74. The summed E-state index contributed by atoms with van der Waals surface area (Å²) in [6, 6.07) is 15.9.